The summed E-state index contributed by atoms with van der Waals surface area (Å²) in [6.45, 7) is 3.87. The van der Waals surface area contributed by atoms with Crippen LogP contribution < -0.4 is 4.31 Å². The molecule has 2 aromatic rings. The number of hydrogen-bond donors (Lipinski definition) is 0. The van der Waals surface area contributed by atoms with E-state index in [4.69, 9.17) is 23.2 Å². The number of sulfonamides is 1. The van der Waals surface area contributed by atoms with Crippen LogP contribution in [0.3, 0.4) is 0 Å². The van der Waals surface area contributed by atoms with E-state index >= 15 is 0 Å². The van der Waals surface area contributed by atoms with Gasteiger partial charge < -0.3 is 0 Å². The van der Waals surface area contributed by atoms with Gasteiger partial charge in [0.15, 0.2) is 0 Å². The molecule has 0 spiro atoms. The van der Waals surface area contributed by atoms with Crippen LogP contribution >= 0.6 is 23.2 Å². The number of halogens is 2. The van der Waals surface area contributed by atoms with Gasteiger partial charge in [-0.1, -0.05) is 47.5 Å². The molecule has 6 heteroatoms. The molecule has 0 radical (unpaired) electrons. The van der Waals surface area contributed by atoms with Crippen LogP contribution in [0, 0.1) is 13.8 Å². The second-order valence-electron chi connectivity index (χ2n) is 5.21. The van der Waals surface area contributed by atoms with E-state index in [1.807, 2.05) is 32.0 Å². The molecule has 0 atom stereocenters. The molecule has 118 valence electrons. The predicted octanol–water partition coefficient (Wildman–Crippen LogP) is 4.58. The van der Waals surface area contributed by atoms with Gasteiger partial charge in [-0.15, -0.1) is 0 Å². The maximum atomic E-state index is 12.3. The van der Waals surface area contributed by atoms with Gasteiger partial charge in [0, 0.05) is 15.6 Å². The zero-order valence-corrected chi connectivity index (χ0v) is 14.9. The molecule has 0 fully saturated rings. The molecule has 0 bridgehead atoms. The maximum Gasteiger partial charge on any atom is 0.232 e. The van der Waals surface area contributed by atoms with Gasteiger partial charge >= 0.3 is 0 Å². The molecule has 2 rings (SSSR count). The average Bonchev–Trinajstić information content (AvgIpc) is 2.39. The number of benzene rings is 2. The molecule has 3 nitrogen and oxygen atoms in total. The van der Waals surface area contributed by atoms with E-state index in [1.165, 1.54) is 10.6 Å². The number of para-hydroxylation sites is 1. The van der Waals surface area contributed by atoms with Crippen LogP contribution in [0.1, 0.15) is 16.7 Å². The van der Waals surface area contributed by atoms with Gasteiger partial charge in [0.1, 0.15) is 0 Å². The summed E-state index contributed by atoms with van der Waals surface area (Å²) in [5.41, 5.74) is 3.03. The van der Waals surface area contributed by atoms with Crippen LogP contribution in [0.15, 0.2) is 36.4 Å². The Hall–Kier alpha value is -1.23. The van der Waals surface area contributed by atoms with Crippen molar-refractivity contribution in [2.24, 2.45) is 0 Å². The number of nitrogens with zero attached hydrogens (tertiary/aromatic N) is 1. The lowest BCUT2D eigenvalue weighted by molar-refractivity contribution is 0.596. The molecule has 0 aromatic heterocycles. The molecule has 0 unspecified atom stereocenters. The Morgan fingerprint density at radius 2 is 1.41 bits per heavy atom. The summed E-state index contributed by atoms with van der Waals surface area (Å²) in [4.78, 5) is 0. The fraction of sp³-hybridized carbons (Fsp3) is 0.250. The van der Waals surface area contributed by atoms with E-state index in [1.54, 1.807) is 18.2 Å². The Bertz CT molecular complexity index is 763. The zero-order chi connectivity index (χ0) is 16.5. The van der Waals surface area contributed by atoms with Crippen molar-refractivity contribution in [3.05, 3.63) is 63.1 Å². The van der Waals surface area contributed by atoms with E-state index < -0.39 is 10.0 Å². The number of anilines is 1. The summed E-state index contributed by atoms with van der Waals surface area (Å²) in [5, 5.41) is 0.903. The number of aryl methyl sites for hydroxylation is 2. The van der Waals surface area contributed by atoms with Crippen molar-refractivity contribution in [3.8, 4) is 0 Å². The van der Waals surface area contributed by atoms with Crippen molar-refractivity contribution < 1.29 is 8.42 Å². The average molecular weight is 358 g/mol. The summed E-state index contributed by atoms with van der Waals surface area (Å²) < 4.78 is 26.0. The standard InChI is InChI=1S/C16H17Cl2NO2S/c1-11-6-4-7-12(2)16(11)19(22(3,20)21)10-13-14(17)8-5-9-15(13)18/h4-9H,10H2,1-3H3. The fourth-order valence-electron chi connectivity index (χ4n) is 2.39. The topological polar surface area (TPSA) is 37.4 Å². The van der Waals surface area contributed by atoms with Crippen LogP contribution in [-0.2, 0) is 16.6 Å². The first-order valence-corrected chi connectivity index (χ1v) is 9.29. The highest BCUT2D eigenvalue weighted by Crippen LogP contribution is 2.32. The molecule has 0 heterocycles. The molecule has 0 aliphatic rings. The Labute approximate surface area is 141 Å². The molecule has 0 saturated heterocycles. The Balaban J connectivity index is 2.59. The minimum absolute atomic E-state index is 0.100. The summed E-state index contributed by atoms with van der Waals surface area (Å²) in [5.74, 6) is 0. The monoisotopic (exact) mass is 357 g/mol. The van der Waals surface area contributed by atoms with Crippen LogP contribution in [0.5, 0.6) is 0 Å². The first-order chi connectivity index (χ1) is 10.2. The van der Waals surface area contributed by atoms with Crippen LogP contribution in [0.4, 0.5) is 5.69 Å². The van der Waals surface area contributed by atoms with Crippen molar-refractivity contribution in [2.75, 3.05) is 10.6 Å². The predicted molar refractivity (Wildman–Crippen MR) is 93.4 cm³/mol. The maximum absolute atomic E-state index is 12.3. The zero-order valence-electron chi connectivity index (χ0n) is 12.6. The second-order valence-corrected chi connectivity index (χ2v) is 7.93. The third-order valence-corrected chi connectivity index (χ3v) is 5.27. The quantitative estimate of drug-likeness (QED) is 0.803. The van der Waals surface area contributed by atoms with Gasteiger partial charge in [-0.3, -0.25) is 4.31 Å². The summed E-state index contributed by atoms with van der Waals surface area (Å²) in [7, 11) is -3.48. The third-order valence-electron chi connectivity index (χ3n) is 3.45. The largest absolute Gasteiger partial charge is 0.265 e. The van der Waals surface area contributed by atoms with Gasteiger partial charge in [-0.2, -0.15) is 0 Å². The van der Waals surface area contributed by atoms with E-state index in [2.05, 4.69) is 0 Å². The Kier molecular flexibility index (Phi) is 5.05. The number of hydrogen-bond acceptors (Lipinski definition) is 2. The third kappa shape index (κ3) is 3.57. The van der Waals surface area contributed by atoms with Crippen molar-refractivity contribution in [1.82, 2.24) is 0 Å². The summed E-state index contributed by atoms with van der Waals surface area (Å²) >= 11 is 12.4. The minimum Gasteiger partial charge on any atom is -0.265 e. The lowest BCUT2D eigenvalue weighted by Gasteiger charge is -2.26. The minimum atomic E-state index is -3.48. The molecule has 0 saturated carbocycles. The van der Waals surface area contributed by atoms with E-state index in [9.17, 15) is 8.42 Å². The highest BCUT2D eigenvalue weighted by atomic mass is 35.5. The molecule has 0 aliphatic carbocycles. The van der Waals surface area contributed by atoms with Gasteiger partial charge in [0.05, 0.1) is 18.5 Å². The normalized spacial score (nSPS) is 11.5. The van der Waals surface area contributed by atoms with Gasteiger partial charge in [0.25, 0.3) is 0 Å². The van der Waals surface area contributed by atoms with Crippen LogP contribution in [-0.4, -0.2) is 14.7 Å². The Morgan fingerprint density at radius 1 is 0.955 bits per heavy atom. The van der Waals surface area contributed by atoms with Crippen LogP contribution in [0.2, 0.25) is 10.0 Å². The van der Waals surface area contributed by atoms with Crippen molar-refractivity contribution in [2.45, 2.75) is 20.4 Å². The fourth-order valence-corrected chi connectivity index (χ4v) is 3.89. The molecule has 0 amide bonds. The summed E-state index contributed by atoms with van der Waals surface area (Å²) in [6, 6.07) is 10.8. The van der Waals surface area contributed by atoms with Gasteiger partial charge in [0.2, 0.25) is 10.0 Å². The van der Waals surface area contributed by atoms with E-state index in [-0.39, 0.29) is 6.54 Å². The lowest BCUT2D eigenvalue weighted by Crippen LogP contribution is -2.30. The molecule has 0 N–H and O–H groups in total. The van der Waals surface area contributed by atoms with E-state index in [0.717, 1.165) is 11.1 Å². The Morgan fingerprint density at radius 3 is 1.86 bits per heavy atom. The van der Waals surface area contributed by atoms with Gasteiger partial charge in [-0.25, -0.2) is 8.42 Å². The molecular weight excluding hydrogens is 341 g/mol. The molecule has 22 heavy (non-hydrogen) atoms. The highest BCUT2D eigenvalue weighted by molar-refractivity contribution is 7.92. The molecular formula is C16H17Cl2NO2S. The lowest BCUT2D eigenvalue weighted by atomic mass is 10.1. The highest BCUT2D eigenvalue weighted by Gasteiger charge is 2.23. The first-order valence-electron chi connectivity index (χ1n) is 6.68. The van der Waals surface area contributed by atoms with Crippen molar-refractivity contribution in [3.63, 3.8) is 0 Å². The first kappa shape index (κ1) is 17.1. The van der Waals surface area contributed by atoms with Crippen molar-refractivity contribution >= 4 is 38.9 Å². The van der Waals surface area contributed by atoms with Crippen molar-refractivity contribution in [1.29, 1.82) is 0 Å². The number of rotatable bonds is 4. The van der Waals surface area contributed by atoms with Gasteiger partial charge in [-0.05, 0) is 37.1 Å². The SMILES string of the molecule is Cc1cccc(C)c1N(Cc1c(Cl)cccc1Cl)S(C)(=O)=O. The summed E-state index contributed by atoms with van der Waals surface area (Å²) in [6.07, 6.45) is 1.18. The molecule has 2 aromatic carbocycles. The van der Waals surface area contributed by atoms with Crippen LogP contribution in [0.25, 0.3) is 0 Å². The molecule has 0 aliphatic heterocycles. The second kappa shape index (κ2) is 6.49. The smallest absolute Gasteiger partial charge is 0.232 e. The van der Waals surface area contributed by atoms with E-state index in [0.29, 0.717) is 21.3 Å².